The van der Waals surface area contributed by atoms with Crippen LogP contribution in [0.3, 0.4) is 0 Å². The summed E-state index contributed by atoms with van der Waals surface area (Å²) >= 11 is 0. The fraction of sp³-hybridized carbons (Fsp3) is 0.923. The molecule has 3 nitrogen and oxygen atoms in total. The third-order valence-corrected chi connectivity index (χ3v) is 3.50. The van der Waals surface area contributed by atoms with E-state index in [2.05, 4.69) is 44.8 Å². The zero-order valence-electron chi connectivity index (χ0n) is 11.4. The lowest BCUT2D eigenvalue weighted by atomic mass is 10.0. The molecule has 0 bridgehead atoms. The average Bonchev–Trinajstić information content (AvgIpc) is 2.40. The first-order chi connectivity index (χ1) is 7.34. The molecule has 0 saturated carbocycles. The molecule has 1 fully saturated rings. The van der Waals surface area contributed by atoms with Crippen molar-refractivity contribution in [3.63, 3.8) is 0 Å². The molecule has 0 aromatic carbocycles. The van der Waals surface area contributed by atoms with E-state index in [-0.39, 0.29) is 18.1 Å². The molecule has 1 aliphatic rings. The first-order valence-electron chi connectivity index (χ1n) is 6.42. The van der Waals surface area contributed by atoms with E-state index >= 15 is 0 Å². The Labute approximate surface area is 99.6 Å². The van der Waals surface area contributed by atoms with Gasteiger partial charge in [-0.25, -0.2) is 0 Å². The number of amides is 1. The van der Waals surface area contributed by atoms with Crippen LogP contribution in [0.2, 0.25) is 0 Å². The number of carbonyl (C=O) groups excluding carboxylic acids is 1. The van der Waals surface area contributed by atoms with E-state index in [0.717, 1.165) is 6.42 Å². The Hall–Kier alpha value is -0.570. The molecule has 1 heterocycles. The molecule has 3 heteroatoms. The topological polar surface area (TPSA) is 32.3 Å². The van der Waals surface area contributed by atoms with Gasteiger partial charge in [0.15, 0.2) is 0 Å². The zero-order chi connectivity index (χ0) is 12.5. The number of nitrogens with zero attached hydrogens (tertiary/aromatic N) is 1. The Bertz CT molecular complexity index is 250. The minimum absolute atomic E-state index is 0.0232. The maximum atomic E-state index is 12.1. The van der Waals surface area contributed by atoms with Crippen molar-refractivity contribution in [2.45, 2.75) is 66.2 Å². The summed E-state index contributed by atoms with van der Waals surface area (Å²) in [5.41, 5.74) is 0. The molecule has 16 heavy (non-hydrogen) atoms. The number of carbonyl (C=O) groups is 1. The number of rotatable bonds is 4. The molecule has 3 atom stereocenters. The zero-order valence-corrected chi connectivity index (χ0v) is 11.4. The van der Waals surface area contributed by atoms with Crippen LogP contribution in [-0.2, 0) is 4.79 Å². The molecule has 1 amide bonds. The van der Waals surface area contributed by atoms with Crippen LogP contribution in [0, 0.1) is 11.8 Å². The first kappa shape index (κ1) is 13.5. The molecule has 0 aromatic rings. The van der Waals surface area contributed by atoms with Crippen molar-refractivity contribution >= 4 is 5.91 Å². The van der Waals surface area contributed by atoms with Crippen LogP contribution in [-0.4, -0.2) is 29.1 Å². The number of nitrogens with one attached hydrogen (secondary N) is 1. The summed E-state index contributed by atoms with van der Waals surface area (Å²) in [6.07, 6.45) is 1.26. The van der Waals surface area contributed by atoms with Gasteiger partial charge in [-0.1, -0.05) is 27.7 Å². The molecule has 0 spiro atoms. The molecular formula is C13H26N2O. The molecule has 1 saturated heterocycles. The van der Waals surface area contributed by atoms with Crippen molar-refractivity contribution in [2.24, 2.45) is 11.8 Å². The Balaban J connectivity index is 2.79. The maximum Gasteiger partial charge on any atom is 0.240 e. The van der Waals surface area contributed by atoms with Gasteiger partial charge >= 0.3 is 0 Å². The van der Waals surface area contributed by atoms with Gasteiger partial charge in [-0.05, 0) is 32.1 Å². The second kappa shape index (κ2) is 5.17. The molecule has 1 N–H and O–H groups in total. The van der Waals surface area contributed by atoms with Gasteiger partial charge in [0.05, 0.1) is 12.2 Å². The van der Waals surface area contributed by atoms with Crippen LogP contribution < -0.4 is 5.32 Å². The predicted octanol–water partition coefficient (Wildman–Crippen LogP) is 2.22. The van der Waals surface area contributed by atoms with Crippen LogP contribution >= 0.6 is 0 Å². The third kappa shape index (κ3) is 2.76. The Morgan fingerprint density at radius 2 is 1.81 bits per heavy atom. The van der Waals surface area contributed by atoms with Gasteiger partial charge in [0.2, 0.25) is 5.91 Å². The van der Waals surface area contributed by atoms with Gasteiger partial charge in [-0.15, -0.1) is 0 Å². The van der Waals surface area contributed by atoms with Crippen molar-refractivity contribution in [3.05, 3.63) is 0 Å². The highest BCUT2D eigenvalue weighted by Gasteiger charge is 2.39. The van der Waals surface area contributed by atoms with Crippen LogP contribution in [0.25, 0.3) is 0 Å². The maximum absolute atomic E-state index is 12.1. The minimum Gasteiger partial charge on any atom is -0.323 e. The Kier molecular flexibility index (Phi) is 4.36. The van der Waals surface area contributed by atoms with E-state index in [0.29, 0.717) is 17.9 Å². The minimum atomic E-state index is -0.0232. The SMILES string of the molecule is CC(C)CC1NC(C)C(=O)N1C(C)C(C)C. The Morgan fingerprint density at radius 1 is 1.25 bits per heavy atom. The summed E-state index contributed by atoms with van der Waals surface area (Å²) in [6, 6.07) is 0.290. The normalized spacial score (nSPS) is 28.2. The average molecular weight is 226 g/mol. The largest absolute Gasteiger partial charge is 0.323 e. The molecule has 0 aromatic heterocycles. The second-order valence-corrected chi connectivity index (χ2v) is 5.76. The summed E-state index contributed by atoms with van der Waals surface area (Å²) < 4.78 is 0. The van der Waals surface area contributed by atoms with E-state index < -0.39 is 0 Å². The fourth-order valence-electron chi connectivity index (χ4n) is 2.25. The standard InChI is InChI=1S/C13H26N2O/c1-8(2)7-12-14-10(5)13(16)15(12)11(6)9(3)4/h8-12,14H,7H2,1-6H3. The van der Waals surface area contributed by atoms with Crippen molar-refractivity contribution in [1.82, 2.24) is 10.2 Å². The molecule has 1 rings (SSSR count). The highest BCUT2D eigenvalue weighted by molar-refractivity contribution is 5.84. The van der Waals surface area contributed by atoms with Gasteiger partial charge in [-0.3, -0.25) is 10.1 Å². The van der Waals surface area contributed by atoms with Crippen LogP contribution in [0.15, 0.2) is 0 Å². The van der Waals surface area contributed by atoms with Gasteiger partial charge < -0.3 is 4.90 Å². The quantitative estimate of drug-likeness (QED) is 0.797. The lowest BCUT2D eigenvalue weighted by Gasteiger charge is -2.33. The number of hydrogen-bond acceptors (Lipinski definition) is 2. The van der Waals surface area contributed by atoms with Gasteiger partial charge in [0, 0.05) is 6.04 Å². The summed E-state index contributed by atoms with van der Waals surface area (Å²) in [5, 5.41) is 3.40. The van der Waals surface area contributed by atoms with Crippen LogP contribution in [0.5, 0.6) is 0 Å². The van der Waals surface area contributed by atoms with Gasteiger partial charge in [0.25, 0.3) is 0 Å². The Morgan fingerprint density at radius 3 is 2.25 bits per heavy atom. The summed E-state index contributed by atoms with van der Waals surface area (Å²) in [4.78, 5) is 14.2. The first-order valence-corrected chi connectivity index (χ1v) is 6.42. The third-order valence-electron chi connectivity index (χ3n) is 3.50. The highest BCUT2D eigenvalue weighted by Crippen LogP contribution is 2.23. The smallest absolute Gasteiger partial charge is 0.240 e. The van der Waals surface area contributed by atoms with Crippen LogP contribution in [0.1, 0.15) is 48.0 Å². The predicted molar refractivity (Wildman–Crippen MR) is 67.0 cm³/mol. The summed E-state index contributed by atoms with van der Waals surface area (Å²) in [6.45, 7) is 12.9. The monoisotopic (exact) mass is 226 g/mol. The van der Waals surface area contributed by atoms with Gasteiger partial charge in [0.1, 0.15) is 0 Å². The van der Waals surface area contributed by atoms with Crippen molar-refractivity contribution in [2.75, 3.05) is 0 Å². The van der Waals surface area contributed by atoms with E-state index in [1.54, 1.807) is 0 Å². The highest BCUT2D eigenvalue weighted by atomic mass is 16.2. The molecule has 1 aliphatic heterocycles. The number of hydrogen-bond donors (Lipinski definition) is 1. The fourth-order valence-corrected chi connectivity index (χ4v) is 2.25. The van der Waals surface area contributed by atoms with E-state index in [4.69, 9.17) is 0 Å². The van der Waals surface area contributed by atoms with Crippen molar-refractivity contribution in [1.29, 1.82) is 0 Å². The van der Waals surface area contributed by atoms with E-state index in [1.165, 1.54) is 0 Å². The summed E-state index contributed by atoms with van der Waals surface area (Å²) in [5.74, 6) is 1.37. The van der Waals surface area contributed by atoms with Gasteiger partial charge in [-0.2, -0.15) is 0 Å². The molecular weight excluding hydrogens is 200 g/mol. The van der Waals surface area contributed by atoms with Crippen LogP contribution in [0.4, 0.5) is 0 Å². The van der Waals surface area contributed by atoms with Crippen molar-refractivity contribution < 1.29 is 4.79 Å². The lowest BCUT2D eigenvalue weighted by Crippen LogP contribution is -2.46. The second-order valence-electron chi connectivity index (χ2n) is 5.76. The van der Waals surface area contributed by atoms with Crippen molar-refractivity contribution in [3.8, 4) is 0 Å². The molecule has 0 radical (unpaired) electrons. The van der Waals surface area contributed by atoms with E-state index in [1.807, 2.05) is 6.92 Å². The molecule has 3 unspecified atom stereocenters. The summed E-state index contributed by atoms with van der Waals surface area (Å²) in [7, 11) is 0. The molecule has 94 valence electrons. The molecule has 0 aliphatic carbocycles. The lowest BCUT2D eigenvalue weighted by molar-refractivity contribution is -0.132. The van der Waals surface area contributed by atoms with E-state index in [9.17, 15) is 4.79 Å².